The number of likely N-dealkylation sites (N-methyl/N-ethyl adjacent to an activating group) is 1. The fourth-order valence-electron chi connectivity index (χ4n) is 2.83. The summed E-state index contributed by atoms with van der Waals surface area (Å²) >= 11 is 1.68. The van der Waals surface area contributed by atoms with Crippen LogP contribution in [-0.4, -0.2) is 45.2 Å². The van der Waals surface area contributed by atoms with Crippen molar-refractivity contribution in [2.75, 3.05) is 13.6 Å². The first-order valence-electron chi connectivity index (χ1n) is 8.46. The number of aryl methyl sites for hydroxylation is 1. The van der Waals surface area contributed by atoms with Crippen LogP contribution in [-0.2, 0) is 24.3 Å². The SMILES string of the molecule is CC(C)c1nc2n(n1)C[C@H](NCC(=O)N(C)Cc1cccs1)CC2. The van der Waals surface area contributed by atoms with Crippen molar-refractivity contribution in [1.29, 1.82) is 0 Å². The molecule has 0 spiro atoms. The number of amides is 1. The number of fused-ring (bicyclic) bond motifs is 1. The van der Waals surface area contributed by atoms with E-state index < -0.39 is 0 Å². The largest absolute Gasteiger partial charge is 0.340 e. The fraction of sp³-hybridized carbons (Fsp3) is 0.588. The molecule has 0 aliphatic carbocycles. The Hall–Kier alpha value is -1.73. The number of hydrogen-bond donors (Lipinski definition) is 1. The van der Waals surface area contributed by atoms with Gasteiger partial charge in [0.15, 0.2) is 5.82 Å². The molecule has 3 heterocycles. The van der Waals surface area contributed by atoms with Crippen LogP contribution in [0.5, 0.6) is 0 Å². The number of rotatable bonds is 6. The van der Waals surface area contributed by atoms with E-state index in [2.05, 4.69) is 35.3 Å². The number of thiophene rings is 1. The van der Waals surface area contributed by atoms with Crippen molar-refractivity contribution in [3.05, 3.63) is 34.0 Å². The lowest BCUT2D eigenvalue weighted by atomic mass is 10.1. The lowest BCUT2D eigenvalue weighted by Crippen LogP contribution is -2.43. The summed E-state index contributed by atoms with van der Waals surface area (Å²) in [5.41, 5.74) is 0. The second-order valence-corrected chi connectivity index (χ2v) is 7.70. The van der Waals surface area contributed by atoms with Crippen molar-refractivity contribution in [1.82, 2.24) is 25.0 Å². The van der Waals surface area contributed by atoms with Gasteiger partial charge in [-0.05, 0) is 17.9 Å². The molecule has 1 amide bonds. The Bertz CT molecular complexity index is 679. The highest BCUT2D eigenvalue weighted by molar-refractivity contribution is 7.09. The summed E-state index contributed by atoms with van der Waals surface area (Å²) in [5, 5.41) is 10.0. The maximum atomic E-state index is 12.3. The topological polar surface area (TPSA) is 63.1 Å². The van der Waals surface area contributed by atoms with Crippen molar-refractivity contribution in [2.24, 2.45) is 0 Å². The van der Waals surface area contributed by atoms with E-state index >= 15 is 0 Å². The average Bonchev–Trinajstić information content (AvgIpc) is 3.21. The quantitative estimate of drug-likeness (QED) is 0.868. The third kappa shape index (κ3) is 4.02. The number of carbonyl (C=O) groups is 1. The maximum Gasteiger partial charge on any atom is 0.236 e. The molecule has 6 nitrogen and oxygen atoms in total. The van der Waals surface area contributed by atoms with Gasteiger partial charge in [-0.25, -0.2) is 9.67 Å². The van der Waals surface area contributed by atoms with Crippen LogP contribution in [0.3, 0.4) is 0 Å². The molecule has 2 aromatic rings. The summed E-state index contributed by atoms with van der Waals surface area (Å²) in [6.07, 6.45) is 1.91. The van der Waals surface area contributed by atoms with Crippen molar-refractivity contribution < 1.29 is 4.79 Å². The highest BCUT2D eigenvalue weighted by Gasteiger charge is 2.23. The first-order valence-corrected chi connectivity index (χ1v) is 9.34. The molecule has 0 radical (unpaired) electrons. The van der Waals surface area contributed by atoms with Crippen molar-refractivity contribution in [3.8, 4) is 0 Å². The van der Waals surface area contributed by atoms with E-state index in [-0.39, 0.29) is 11.9 Å². The summed E-state index contributed by atoms with van der Waals surface area (Å²) in [6, 6.07) is 4.35. The van der Waals surface area contributed by atoms with Crippen LogP contribution in [0.1, 0.15) is 42.7 Å². The molecule has 0 saturated carbocycles. The van der Waals surface area contributed by atoms with Crippen molar-refractivity contribution >= 4 is 17.2 Å². The van der Waals surface area contributed by atoms with E-state index in [1.165, 1.54) is 4.88 Å². The second kappa shape index (κ2) is 7.44. The number of hydrogen-bond acceptors (Lipinski definition) is 5. The summed E-state index contributed by atoms with van der Waals surface area (Å²) in [7, 11) is 1.86. The molecule has 2 aromatic heterocycles. The second-order valence-electron chi connectivity index (χ2n) is 6.67. The smallest absolute Gasteiger partial charge is 0.236 e. The zero-order valence-corrected chi connectivity index (χ0v) is 15.3. The highest BCUT2D eigenvalue weighted by atomic mass is 32.1. The van der Waals surface area contributed by atoms with Crippen molar-refractivity contribution in [2.45, 2.75) is 51.7 Å². The van der Waals surface area contributed by atoms with Gasteiger partial charge in [0, 0.05) is 30.3 Å². The van der Waals surface area contributed by atoms with Gasteiger partial charge in [0.05, 0.1) is 19.6 Å². The van der Waals surface area contributed by atoms with E-state index in [4.69, 9.17) is 0 Å². The van der Waals surface area contributed by atoms with Crippen LogP contribution in [0.2, 0.25) is 0 Å². The molecule has 0 fully saturated rings. The summed E-state index contributed by atoms with van der Waals surface area (Å²) in [6.45, 7) is 6.05. The van der Waals surface area contributed by atoms with Gasteiger partial charge in [-0.15, -0.1) is 11.3 Å². The molecule has 130 valence electrons. The molecular formula is C17H25N5OS. The Morgan fingerprint density at radius 3 is 3.08 bits per heavy atom. The minimum Gasteiger partial charge on any atom is -0.340 e. The predicted octanol–water partition coefficient (Wildman–Crippen LogP) is 2.03. The Balaban J connectivity index is 1.49. The van der Waals surface area contributed by atoms with E-state index in [0.717, 1.165) is 31.0 Å². The number of carbonyl (C=O) groups excluding carboxylic acids is 1. The van der Waals surface area contributed by atoms with Gasteiger partial charge in [-0.3, -0.25) is 4.79 Å². The third-order valence-electron chi connectivity index (χ3n) is 4.33. The third-order valence-corrected chi connectivity index (χ3v) is 5.19. The van der Waals surface area contributed by atoms with Crippen LogP contribution < -0.4 is 5.32 Å². The van der Waals surface area contributed by atoms with Gasteiger partial charge in [-0.2, -0.15) is 5.10 Å². The maximum absolute atomic E-state index is 12.3. The van der Waals surface area contributed by atoms with Crippen LogP contribution in [0.15, 0.2) is 17.5 Å². The van der Waals surface area contributed by atoms with Gasteiger partial charge in [-0.1, -0.05) is 19.9 Å². The molecule has 0 saturated heterocycles. The summed E-state index contributed by atoms with van der Waals surface area (Å²) in [5.74, 6) is 2.45. The standard InChI is InChI=1S/C17H25N5OS/c1-12(2)17-19-15-7-6-13(10-22(15)20-17)18-9-16(23)21(3)11-14-5-4-8-24-14/h4-5,8,12-13,18H,6-7,9-11H2,1-3H3/t13-/m1/s1. The molecule has 1 N–H and O–H groups in total. The lowest BCUT2D eigenvalue weighted by Gasteiger charge is -2.24. The first kappa shape index (κ1) is 17.1. The van der Waals surface area contributed by atoms with E-state index in [1.54, 1.807) is 16.2 Å². The summed E-state index contributed by atoms with van der Waals surface area (Å²) in [4.78, 5) is 19.9. The first-order chi connectivity index (χ1) is 11.5. The Morgan fingerprint density at radius 2 is 2.38 bits per heavy atom. The molecule has 0 aromatic carbocycles. The molecule has 3 rings (SSSR count). The number of aromatic nitrogens is 3. The Labute approximate surface area is 146 Å². The normalized spacial score (nSPS) is 17.1. The average molecular weight is 347 g/mol. The van der Waals surface area contributed by atoms with Crippen LogP contribution in [0.25, 0.3) is 0 Å². The number of nitrogens with zero attached hydrogens (tertiary/aromatic N) is 4. The van der Waals surface area contributed by atoms with Crippen LogP contribution in [0.4, 0.5) is 0 Å². The number of nitrogens with one attached hydrogen (secondary N) is 1. The van der Waals surface area contributed by atoms with Gasteiger partial charge < -0.3 is 10.2 Å². The Morgan fingerprint density at radius 1 is 1.54 bits per heavy atom. The zero-order chi connectivity index (χ0) is 17.1. The Kier molecular flexibility index (Phi) is 5.30. The lowest BCUT2D eigenvalue weighted by molar-refractivity contribution is -0.129. The van der Waals surface area contributed by atoms with Crippen LogP contribution >= 0.6 is 11.3 Å². The van der Waals surface area contributed by atoms with Gasteiger partial charge in [0.1, 0.15) is 5.82 Å². The monoisotopic (exact) mass is 347 g/mol. The minimum atomic E-state index is 0.121. The molecule has 0 unspecified atom stereocenters. The molecule has 0 bridgehead atoms. The van der Waals surface area contributed by atoms with E-state index in [9.17, 15) is 4.79 Å². The van der Waals surface area contributed by atoms with Crippen LogP contribution in [0, 0.1) is 0 Å². The fourth-order valence-corrected chi connectivity index (χ4v) is 3.59. The minimum absolute atomic E-state index is 0.121. The van der Waals surface area contributed by atoms with Gasteiger partial charge >= 0.3 is 0 Å². The van der Waals surface area contributed by atoms with Crippen molar-refractivity contribution in [3.63, 3.8) is 0 Å². The highest BCUT2D eigenvalue weighted by Crippen LogP contribution is 2.17. The zero-order valence-electron chi connectivity index (χ0n) is 14.5. The molecule has 24 heavy (non-hydrogen) atoms. The molecule has 1 aliphatic rings. The van der Waals surface area contributed by atoms with Gasteiger partial charge in [0.2, 0.25) is 5.91 Å². The molecule has 1 aliphatic heterocycles. The van der Waals surface area contributed by atoms with Gasteiger partial charge in [0.25, 0.3) is 0 Å². The van der Waals surface area contributed by atoms with E-state index in [0.29, 0.717) is 19.0 Å². The predicted molar refractivity (Wildman–Crippen MR) is 95.0 cm³/mol. The molecule has 7 heteroatoms. The summed E-state index contributed by atoms with van der Waals surface area (Å²) < 4.78 is 2.00. The molecular weight excluding hydrogens is 322 g/mol. The molecule has 1 atom stereocenters. The van der Waals surface area contributed by atoms with E-state index in [1.807, 2.05) is 23.2 Å².